The van der Waals surface area contributed by atoms with Gasteiger partial charge in [0.15, 0.2) is 0 Å². The molecule has 3 fully saturated rings. The Hall–Kier alpha value is -4.45. The van der Waals surface area contributed by atoms with Crippen LogP contribution in [0.5, 0.6) is 0 Å². The summed E-state index contributed by atoms with van der Waals surface area (Å²) in [5.74, 6) is -15.6. The molecular weight excluding hydrogens is 961 g/mol. The van der Waals surface area contributed by atoms with Gasteiger partial charge in [-0.25, -0.2) is 8.42 Å². The zero-order valence-electron chi connectivity index (χ0n) is 41.2. The van der Waals surface area contributed by atoms with Crippen molar-refractivity contribution in [2.45, 2.75) is 160 Å². The molecule has 0 saturated heterocycles. The number of aliphatic hydroxyl groups is 3. The molecule has 23 heteroatoms. The van der Waals surface area contributed by atoms with Crippen LogP contribution in [0.4, 0.5) is 0 Å². The number of carboxylic acids is 3. The van der Waals surface area contributed by atoms with Gasteiger partial charge in [-0.05, 0) is 116 Å². The van der Waals surface area contributed by atoms with Gasteiger partial charge in [-0.2, -0.15) is 0 Å². The van der Waals surface area contributed by atoms with E-state index in [2.05, 4.69) is 0 Å². The molecule has 71 heavy (non-hydrogen) atoms. The minimum Gasteiger partial charge on any atom is -0.748 e. The minimum atomic E-state index is -4.89. The quantitative estimate of drug-likeness (QED) is 0.0356. The highest BCUT2D eigenvalue weighted by molar-refractivity contribution is 7.86. The highest BCUT2D eigenvalue weighted by Gasteiger charge is 2.42. The number of aliphatic carboxylic acids is 3. The molecule has 406 valence electrons. The van der Waals surface area contributed by atoms with Crippen molar-refractivity contribution in [2.24, 2.45) is 58.7 Å². The number of ether oxygens (including phenoxy) is 5. The van der Waals surface area contributed by atoms with Gasteiger partial charge in [0.25, 0.3) is 0 Å². The normalized spacial score (nSPS) is 25.4. The van der Waals surface area contributed by atoms with Gasteiger partial charge in [0.05, 0.1) is 87.4 Å². The summed E-state index contributed by atoms with van der Waals surface area (Å²) < 4.78 is 63.5. The van der Waals surface area contributed by atoms with E-state index in [1.54, 1.807) is 20.8 Å². The third-order valence-corrected chi connectivity index (χ3v) is 15.6. The average molecular weight is 1040 g/mol. The molecule has 0 aliphatic heterocycles. The molecule has 11 unspecified atom stereocenters. The summed E-state index contributed by atoms with van der Waals surface area (Å²) in [7, 11) is -4.89. The van der Waals surface area contributed by atoms with Gasteiger partial charge >= 0.3 is 47.8 Å². The highest BCUT2D eigenvalue weighted by Crippen LogP contribution is 2.37. The van der Waals surface area contributed by atoms with Crippen LogP contribution in [0.1, 0.15) is 137 Å². The lowest BCUT2D eigenvalue weighted by molar-refractivity contribution is -0.169. The summed E-state index contributed by atoms with van der Waals surface area (Å²) >= 11 is 0. The zero-order chi connectivity index (χ0) is 53.2. The van der Waals surface area contributed by atoms with Crippen LogP contribution in [0.25, 0.3) is 0 Å². The number of aliphatic hydroxyl groups excluding tert-OH is 3. The van der Waals surface area contributed by atoms with Crippen molar-refractivity contribution in [3.8, 4) is 0 Å². The smallest absolute Gasteiger partial charge is 0.309 e. The van der Waals surface area contributed by atoms with Crippen molar-refractivity contribution in [1.29, 1.82) is 0 Å². The second-order valence-electron chi connectivity index (χ2n) is 20.2. The van der Waals surface area contributed by atoms with Crippen molar-refractivity contribution >= 4 is 57.9 Å². The van der Waals surface area contributed by atoms with Crippen LogP contribution in [0.2, 0.25) is 0 Å². The lowest BCUT2D eigenvalue weighted by atomic mass is 9.81. The second kappa shape index (κ2) is 28.7. The number of carbonyl (C=O) groups is 8. The molecule has 0 aromatic heterocycles. The molecule has 0 radical (unpaired) electrons. The molecule has 0 aromatic rings. The van der Waals surface area contributed by atoms with Gasteiger partial charge in [-0.3, -0.25) is 38.4 Å². The Balaban J connectivity index is 1.51. The van der Waals surface area contributed by atoms with Crippen LogP contribution in [-0.4, -0.2) is 148 Å². The van der Waals surface area contributed by atoms with E-state index in [4.69, 9.17) is 23.7 Å². The molecule has 6 N–H and O–H groups in total. The first-order valence-corrected chi connectivity index (χ1v) is 26.3. The lowest BCUT2D eigenvalue weighted by Crippen LogP contribution is -2.42. The van der Waals surface area contributed by atoms with Gasteiger partial charge in [0.2, 0.25) is 0 Å². The van der Waals surface area contributed by atoms with E-state index in [1.807, 2.05) is 0 Å². The maximum atomic E-state index is 13.3. The molecule has 3 saturated carbocycles. The summed E-state index contributed by atoms with van der Waals surface area (Å²) in [6.45, 7) is 3.16. The molecule has 0 spiro atoms. The molecular formula is C48H75O22S-. The van der Waals surface area contributed by atoms with Crippen molar-refractivity contribution in [1.82, 2.24) is 0 Å². The minimum absolute atomic E-state index is 0.00539. The third-order valence-electron chi connectivity index (χ3n) is 14.4. The highest BCUT2D eigenvalue weighted by atomic mass is 32.2. The van der Waals surface area contributed by atoms with E-state index >= 15 is 0 Å². The van der Waals surface area contributed by atoms with Crippen LogP contribution < -0.4 is 0 Å². The Morgan fingerprint density at radius 1 is 0.606 bits per heavy atom. The molecule has 0 heterocycles. The fourth-order valence-corrected chi connectivity index (χ4v) is 10.7. The molecule has 22 nitrogen and oxygen atoms in total. The third kappa shape index (κ3) is 19.5. The predicted octanol–water partition coefficient (Wildman–Crippen LogP) is 3.24. The van der Waals surface area contributed by atoms with E-state index in [1.165, 1.54) is 6.92 Å². The number of hydrogen-bond donors (Lipinski definition) is 6. The summed E-state index contributed by atoms with van der Waals surface area (Å²) in [5.41, 5.74) is -1.66. The first-order chi connectivity index (χ1) is 33.3. The predicted molar refractivity (Wildman–Crippen MR) is 244 cm³/mol. The van der Waals surface area contributed by atoms with Crippen molar-refractivity contribution in [2.75, 3.05) is 33.0 Å². The van der Waals surface area contributed by atoms with Crippen LogP contribution >= 0.6 is 0 Å². The molecule has 3 aliphatic rings. The molecule has 0 aromatic carbocycles. The van der Waals surface area contributed by atoms with Crippen molar-refractivity contribution in [3.63, 3.8) is 0 Å². The number of carboxylic acid groups (broad SMARTS) is 3. The molecule has 11 atom stereocenters. The second-order valence-corrected chi connectivity index (χ2v) is 21.9. The zero-order valence-corrected chi connectivity index (χ0v) is 42.0. The number of esters is 5. The molecule has 0 amide bonds. The number of rotatable bonds is 29. The Morgan fingerprint density at radius 3 is 1.59 bits per heavy atom. The van der Waals surface area contributed by atoms with E-state index in [0.29, 0.717) is 44.9 Å². The lowest BCUT2D eigenvalue weighted by Gasteiger charge is -2.35. The van der Waals surface area contributed by atoms with Gasteiger partial charge in [-0.1, -0.05) is 27.2 Å². The molecule has 0 bridgehead atoms. The number of hydrogen-bond acceptors (Lipinski definition) is 19. The van der Waals surface area contributed by atoms with Crippen molar-refractivity contribution < 1.29 is 106 Å². The fraction of sp³-hybridized carbons (Fsp3) is 0.833. The largest absolute Gasteiger partial charge is 0.748 e. The summed E-state index contributed by atoms with van der Waals surface area (Å²) in [6.07, 6.45) is 0.134. The monoisotopic (exact) mass is 1040 g/mol. The van der Waals surface area contributed by atoms with Gasteiger partial charge in [0, 0.05) is 0 Å². The van der Waals surface area contributed by atoms with E-state index in [0.717, 1.165) is 0 Å². The summed E-state index contributed by atoms with van der Waals surface area (Å²) in [4.78, 5) is 102. The Kier molecular flexibility index (Phi) is 24.6. The fourth-order valence-electron chi connectivity index (χ4n) is 9.76. The van der Waals surface area contributed by atoms with Crippen LogP contribution in [0.3, 0.4) is 0 Å². The molecule has 3 aliphatic carbocycles. The first-order valence-electron chi connectivity index (χ1n) is 24.8. The average Bonchev–Trinajstić information content (AvgIpc) is 3.33. The SMILES string of the molecule is CCC(CC(CC(C)CC(CC(CC)C(=O)OCC(CO)(CO)COC(=O)C1CCCC(C(=O)OC(C)COC(=O)C2CC(C(=O)OC3CCC(O)CC3)CC(S(=O)(=O)[O-])C2)C1)C(=O)O)C(=O)O)C(=O)O. The van der Waals surface area contributed by atoms with E-state index in [-0.39, 0.29) is 64.2 Å². The van der Waals surface area contributed by atoms with Crippen molar-refractivity contribution in [3.05, 3.63) is 0 Å². The van der Waals surface area contributed by atoms with Gasteiger partial charge < -0.3 is 58.9 Å². The summed E-state index contributed by atoms with van der Waals surface area (Å²) in [5, 5.41) is 57.9. The Labute approximate surface area is 414 Å². The van der Waals surface area contributed by atoms with Crippen LogP contribution in [-0.2, 0) is 72.2 Å². The maximum Gasteiger partial charge on any atom is 0.309 e. The van der Waals surface area contributed by atoms with Crippen LogP contribution in [0.15, 0.2) is 0 Å². The topological polar surface area (TPSA) is 361 Å². The van der Waals surface area contributed by atoms with Crippen LogP contribution in [0, 0.1) is 58.7 Å². The van der Waals surface area contributed by atoms with E-state index < -0.39 is 173 Å². The summed E-state index contributed by atoms with van der Waals surface area (Å²) in [6, 6.07) is 0. The molecule has 3 rings (SSSR count). The van der Waals surface area contributed by atoms with Gasteiger partial charge in [0.1, 0.15) is 32.0 Å². The van der Waals surface area contributed by atoms with Gasteiger partial charge in [-0.15, -0.1) is 0 Å². The van der Waals surface area contributed by atoms with E-state index in [9.17, 15) is 82.0 Å². The number of carbonyl (C=O) groups excluding carboxylic acids is 5. The Morgan fingerprint density at radius 2 is 1.08 bits per heavy atom. The maximum absolute atomic E-state index is 13.3. The first kappa shape index (κ1) is 60.9. The standard InChI is InChI=1S/C48H76O22S/c1-5-29(40(52)53)16-33(41(54)55)14-27(3)15-34(42(56)57)17-30(6-2)43(58)67-25-48(23-49,24-50)26-68-44(59)31-8-7-9-32(18-31)46(61)69-28(4)22-66-45(60)35-19-36(21-39(20-35)71(63,64)65)47(62)70-38-12-10-37(51)11-13-38/h27-39,49-51H,5-26H2,1-4H3,(H,52,53)(H,54,55)(H,56,57)(H,63,64,65)/p-1. The Bertz CT molecular complexity index is 1910.